The van der Waals surface area contributed by atoms with E-state index in [9.17, 15) is 13.2 Å². The summed E-state index contributed by atoms with van der Waals surface area (Å²) >= 11 is 6.07. The Labute approximate surface area is 209 Å². The molecule has 5 aromatic rings. The van der Waals surface area contributed by atoms with Crippen LogP contribution in [0.3, 0.4) is 0 Å². The average molecular weight is 526 g/mol. The van der Waals surface area contributed by atoms with Crippen LogP contribution in [0.5, 0.6) is 5.75 Å². The highest BCUT2D eigenvalue weighted by molar-refractivity contribution is 7.93. The van der Waals surface area contributed by atoms with Crippen LogP contribution >= 0.6 is 11.6 Å². The van der Waals surface area contributed by atoms with Crippen molar-refractivity contribution in [2.45, 2.75) is 4.90 Å². The Morgan fingerprint density at radius 1 is 1.06 bits per heavy atom. The minimum atomic E-state index is -4.36. The van der Waals surface area contributed by atoms with Gasteiger partial charge in [-0.25, -0.2) is 17.1 Å². The molecule has 0 aliphatic heterocycles. The van der Waals surface area contributed by atoms with Crippen molar-refractivity contribution in [2.24, 2.45) is 0 Å². The molecule has 36 heavy (non-hydrogen) atoms. The monoisotopic (exact) mass is 525 g/mol. The summed E-state index contributed by atoms with van der Waals surface area (Å²) in [7, 11) is -3.02. The van der Waals surface area contributed by atoms with E-state index < -0.39 is 15.8 Å². The van der Waals surface area contributed by atoms with Gasteiger partial charge in [-0.1, -0.05) is 28.9 Å². The van der Waals surface area contributed by atoms with Crippen molar-refractivity contribution in [2.75, 3.05) is 11.4 Å². The molecule has 0 aliphatic carbocycles. The number of hydrogen-bond donors (Lipinski definition) is 1. The average Bonchev–Trinajstić information content (AvgIpc) is 3.38. The Balaban J connectivity index is 1.70. The van der Waals surface area contributed by atoms with Gasteiger partial charge in [-0.15, -0.1) is 0 Å². The second-order valence-corrected chi connectivity index (χ2v) is 9.94. The van der Waals surface area contributed by atoms with Crippen LogP contribution in [0.25, 0.3) is 22.0 Å². The molecule has 5 rings (SSSR count). The molecule has 3 aromatic carbocycles. The first-order valence-corrected chi connectivity index (χ1v) is 12.3. The maximum Gasteiger partial charge on any atom is 0.270 e. The van der Waals surface area contributed by atoms with E-state index in [0.29, 0.717) is 21.5 Å². The quantitative estimate of drug-likeness (QED) is 0.313. The van der Waals surface area contributed by atoms with E-state index in [-0.39, 0.29) is 33.3 Å². The number of rotatable bonds is 6. The van der Waals surface area contributed by atoms with Crippen LogP contribution in [-0.4, -0.2) is 25.7 Å². The minimum absolute atomic E-state index is 0.0723. The number of hydrogen-bond acceptors (Lipinski definition) is 6. The Bertz CT molecular complexity index is 1750. The van der Waals surface area contributed by atoms with E-state index in [1.54, 1.807) is 24.3 Å². The lowest BCUT2D eigenvalue weighted by Gasteiger charge is -2.24. The molecule has 8 nitrogen and oxygen atoms in total. The molecule has 0 atom stereocenters. The predicted octanol–water partition coefficient (Wildman–Crippen LogP) is 5.51. The van der Waals surface area contributed by atoms with Crippen molar-refractivity contribution in [3.05, 3.63) is 100 Å². The molecular weight excluding hydrogens is 509 g/mol. The molecule has 1 N–H and O–H groups in total. The van der Waals surface area contributed by atoms with Gasteiger partial charge in [0.2, 0.25) is 5.56 Å². The van der Waals surface area contributed by atoms with Crippen molar-refractivity contribution >= 4 is 44.0 Å². The van der Waals surface area contributed by atoms with Gasteiger partial charge in [-0.3, -0.25) is 4.79 Å². The molecule has 0 aliphatic rings. The molecular formula is C25H17ClFN3O5S. The summed E-state index contributed by atoms with van der Waals surface area (Å²) in [5.74, 6) is -0.735. The second kappa shape index (κ2) is 9.14. The molecule has 2 heterocycles. The highest BCUT2D eigenvalue weighted by Gasteiger charge is 2.32. The number of halogens is 2. The number of nitrogens with one attached hydrogen (secondary N) is 1. The first kappa shape index (κ1) is 23.6. The number of methoxy groups -OCH3 is 1. The molecule has 0 spiro atoms. The standard InChI is InChI=1S/C25H17ClFN3O5S/c1-34-23-13-19(15-3-2-4-17(26)11-15)20(27)14-22(23)30(24-9-10-35-29-24)36(32,33)18-6-7-21-16(12-18)5-8-25(31)28-21/h2-14H,1H3,(H,28,31). The highest BCUT2D eigenvalue weighted by atomic mass is 35.5. The first-order valence-electron chi connectivity index (χ1n) is 10.5. The molecule has 0 unspecified atom stereocenters. The summed E-state index contributed by atoms with van der Waals surface area (Å²) in [6.07, 6.45) is 1.20. The van der Waals surface area contributed by atoms with Crippen LogP contribution in [0.2, 0.25) is 5.02 Å². The third-order valence-electron chi connectivity index (χ3n) is 5.49. The van der Waals surface area contributed by atoms with Crippen LogP contribution < -0.4 is 14.6 Å². The molecule has 0 saturated carbocycles. The number of H-pyrrole nitrogens is 1. The largest absolute Gasteiger partial charge is 0.495 e. The van der Waals surface area contributed by atoms with Crippen molar-refractivity contribution in [1.29, 1.82) is 0 Å². The van der Waals surface area contributed by atoms with Gasteiger partial charge in [0.05, 0.1) is 12.0 Å². The number of aromatic amines is 1. The van der Waals surface area contributed by atoms with Crippen molar-refractivity contribution in [3.63, 3.8) is 0 Å². The van der Waals surface area contributed by atoms with Crippen molar-refractivity contribution in [1.82, 2.24) is 10.1 Å². The molecule has 0 radical (unpaired) electrons. The smallest absolute Gasteiger partial charge is 0.270 e. The fraction of sp³-hybridized carbons (Fsp3) is 0.0400. The summed E-state index contributed by atoms with van der Waals surface area (Å²) in [6.45, 7) is 0. The van der Waals surface area contributed by atoms with E-state index in [1.807, 2.05) is 0 Å². The van der Waals surface area contributed by atoms with Gasteiger partial charge in [0.25, 0.3) is 10.0 Å². The zero-order valence-electron chi connectivity index (χ0n) is 18.6. The normalized spacial score (nSPS) is 11.5. The van der Waals surface area contributed by atoms with Crippen LogP contribution in [0.4, 0.5) is 15.9 Å². The van der Waals surface area contributed by atoms with E-state index in [4.69, 9.17) is 20.9 Å². The van der Waals surface area contributed by atoms with Gasteiger partial charge in [0.15, 0.2) is 5.82 Å². The Morgan fingerprint density at radius 3 is 2.61 bits per heavy atom. The lowest BCUT2D eigenvalue weighted by atomic mass is 10.0. The number of aromatic nitrogens is 2. The lowest BCUT2D eigenvalue weighted by Crippen LogP contribution is -2.27. The molecule has 11 heteroatoms. The van der Waals surface area contributed by atoms with Crippen LogP contribution in [0, 0.1) is 5.82 Å². The molecule has 0 fully saturated rings. The fourth-order valence-corrected chi connectivity index (χ4v) is 5.49. The van der Waals surface area contributed by atoms with Gasteiger partial charge >= 0.3 is 0 Å². The lowest BCUT2D eigenvalue weighted by molar-refractivity contribution is 0.413. The van der Waals surface area contributed by atoms with Crippen LogP contribution in [-0.2, 0) is 10.0 Å². The van der Waals surface area contributed by atoms with E-state index in [2.05, 4.69) is 10.1 Å². The zero-order valence-corrected chi connectivity index (χ0v) is 20.2. The fourth-order valence-electron chi connectivity index (χ4n) is 3.83. The van der Waals surface area contributed by atoms with Gasteiger partial charge in [0, 0.05) is 34.3 Å². The van der Waals surface area contributed by atoms with E-state index >= 15 is 4.39 Å². The predicted molar refractivity (Wildman–Crippen MR) is 134 cm³/mol. The SMILES string of the molecule is COc1cc(-c2cccc(Cl)c2)c(F)cc1N(c1ccon1)S(=O)(=O)c1ccc2[nH]c(=O)ccc2c1. The molecule has 0 bridgehead atoms. The summed E-state index contributed by atoms with van der Waals surface area (Å²) < 4.78 is 54.4. The van der Waals surface area contributed by atoms with Crippen LogP contribution in [0.15, 0.2) is 93.3 Å². The van der Waals surface area contributed by atoms with Gasteiger partial charge in [0.1, 0.15) is 23.5 Å². The van der Waals surface area contributed by atoms with E-state index in [1.165, 1.54) is 55.8 Å². The van der Waals surface area contributed by atoms with Gasteiger partial charge < -0.3 is 14.2 Å². The Morgan fingerprint density at radius 2 is 1.89 bits per heavy atom. The summed E-state index contributed by atoms with van der Waals surface area (Å²) in [5, 5.41) is 4.69. The van der Waals surface area contributed by atoms with Gasteiger partial charge in [-0.2, -0.15) is 0 Å². The Hall–Kier alpha value is -4.15. The minimum Gasteiger partial charge on any atom is -0.495 e. The number of anilines is 2. The molecule has 0 saturated heterocycles. The molecule has 182 valence electrons. The zero-order chi connectivity index (χ0) is 25.4. The Kier molecular flexibility index (Phi) is 5.99. The van der Waals surface area contributed by atoms with Gasteiger partial charge in [-0.05, 0) is 53.4 Å². The maximum atomic E-state index is 15.4. The molecule has 2 aromatic heterocycles. The number of benzene rings is 3. The van der Waals surface area contributed by atoms with E-state index in [0.717, 1.165) is 10.4 Å². The number of nitrogens with zero attached hydrogens (tertiary/aromatic N) is 2. The topological polar surface area (TPSA) is 106 Å². The van der Waals surface area contributed by atoms with Crippen molar-refractivity contribution < 1.29 is 22.1 Å². The summed E-state index contributed by atoms with van der Waals surface area (Å²) in [6, 6.07) is 17.4. The number of ether oxygens (including phenoxy) is 1. The van der Waals surface area contributed by atoms with Crippen molar-refractivity contribution in [3.8, 4) is 16.9 Å². The maximum absolute atomic E-state index is 15.4. The summed E-state index contributed by atoms with van der Waals surface area (Å²) in [5.41, 5.74) is 0.692. The number of fused-ring (bicyclic) bond motifs is 1. The number of sulfonamides is 1. The van der Waals surface area contributed by atoms with Crippen LogP contribution in [0.1, 0.15) is 0 Å². The third kappa shape index (κ3) is 4.21. The number of pyridine rings is 1. The second-order valence-electron chi connectivity index (χ2n) is 7.71. The third-order valence-corrected chi connectivity index (χ3v) is 7.44. The molecule has 0 amide bonds. The highest BCUT2D eigenvalue weighted by Crippen LogP contribution is 2.41. The summed E-state index contributed by atoms with van der Waals surface area (Å²) in [4.78, 5) is 14.1. The first-order chi connectivity index (χ1) is 17.3.